The molecule has 1 unspecified atom stereocenters. The maximum Gasteiger partial charge on any atom is 0.127 e. The summed E-state index contributed by atoms with van der Waals surface area (Å²) < 4.78 is 21.7. The quantitative estimate of drug-likeness (QED) is 0.362. The van der Waals surface area contributed by atoms with Crippen LogP contribution in [0, 0.1) is 19.8 Å². The Kier molecular flexibility index (Phi) is 5.51. The molecular formula is C26H30N6O3S. The van der Waals surface area contributed by atoms with Crippen LogP contribution in [-0.2, 0) is 17.4 Å². The first kappa shape index (κ1) is 23.3. The number of hydrogen-bond acceptors (Lipinski definition) is 8. The van der Waals surface area contributed by atoms with Crippen molar-refractivity contribution < 1.29 is 14.3 Å². The molecule has 0 aromatic carbocycles. The van der Waals surface area contributed by atoms with Gasteiger partial charge in [-0.25, -0.2) is 4.68 Å². The van der Waals surface area contributed by atoms with Crippen LogP contribution < -0.4 is 0 Å². The van der Waals surface area contributed by atoms with Gasteiger partial charge in [0.25, 0.3) is 0 Å². The first-order chi connectivity index (χ1) is 17.2. The zero-order chi connectivity index (χ0) is 25.2. The third kappa shape index (κ3) is 3.66. The van der Waals surface area contributed by atoms with Crippen LogP contribution in [0.3, 0.4) is 0 Å². The monoisotopic (exact) mass is 506 g/mol. The summed E-state index contributed by atoms with van der Waals surface area (Å²) in [4.78, 5) is 4.93. The Hall–Kier alpha value is -3.08. The largest absolute Gasteiger partial charge is 0.467 e. The third-order valence-electron chi connectivity index (χ3n) is 7.13. The van der Waals surface area contributed by atoms with Crippen LogP contribution in [0.25, 0.3) is 32.5 Å². The summed E-state index contributed by atoms with van der Waals surface area (Å²) in [6, 6.07) is 4.19. The van der Waals surface area contributed by atoms with Crippen LogP contribution >= 0.6 is 11.5 Å². The molecule has 0 aliphatic carbocycles. The standard InChI is InChI=1S/C26H30N6O3S/c1-14-10-19(35-13-14)22(16-6-8-34-9-7-16)32-18-11-17(21-15(2)28-30-31(21)5)12-27-20(18)24-23(32)25(29-36-24)26(3,4)33/h10-13,16,22,33H,6-9H2,1-5H3. The summed E-state index contributed by atoms with van der Waals surface area (Å²) in [7, 11) is 1.89. The lowest BCUT2D eigenvalue weighted by molar-refractivity contribution is 0.0520. The van der Waals surface area contributed by atoms with Crippen LogP contribution in [0.1, 0.15) is 55.4 Å². The molecule has 6 heterocycles. The molecule has 5 aromatic rings. The average Bonchev–Trinajstić information content (AvgIpc) is 3.60. The molecule has 0 saturated carbocycles. The Morgan fingerprint density at radius 2 is 1.97 bits per heavy atom. The Labute approximate surface area is 212 Å². The second-order valence-corrected chi connectivity index (χ2v) is 11.1. The van der Waals surface area contributed by atoms with E-state index in [4.69, 9.17) is 18.5 Å². The van der Waals surface area contributed by atoms with Crippen molar-refractivity contribution >= 4 is 32.8 Å². The molecule has 10 heteroatoms. The molecule has 1 N–H and O–H groups in total. The Morgan fingerprint density at radius 1 is 1.19 bits per heavy atom. The minimum atomic E-state index is -1.12. The van der Waals surface area contributed by atoms with Crippen molar-refractivity contribution in [2.45, 2.75) is 52.2 Å². The topological polar surface area (TPSA) is 104 Å². The summed E-state index contributed by atoms with van der Waals surface area (Å²) in [5.41, 5.74) is 6.10. The van der Waals surface area contributed by atoms with E-state index in [2.05, 4.69) is 27.0 Å². The van der Waals surface area contributed by atoms with Crippen LogP contribution in [0.5, 0.6) is 0 Å². The van der Waals surface area contributed by atoms with Gasteiger partial charge in [0.1, 0.15) is 22.6 Å². The molecule has 36 heavy (non-hydrogen) atoms. The molecule has 1 aliphatic heterocycles. The van der Waals surface area contributed by atoms with Gasteiger partial charge in [0.05, 0.1) is 39.4 Å². The molecule has 0 radical (unpaired) electrons. The predicted octanol–water partition coefficient (Wildman–Crippen LogP) is 4.89. The Morgan fingerprint density at radius 3 is 2.61 bits per heavy atom. The van der Waals surface area contributed by atoms with E-state index >= 15 is 0 Å². The van der Waals surface area contributed by atoms with Gasteiger partial charge in [-0.05, 0) is 75.7 Å². The van der Waals surface area contributed by atoms with Gasteiger partial charge in [-0.2, -0.15) is 4.37 Å². The zero-order valence-corrected chi connectivity index (χ0v) is 22.0. The average molecular weight is 507 g/mol. The number of rotatable bonds is 5. The van der Waals surface area contributed by atoms with Gasteiger partial charge in [-0.1, -0.05) is 5.21 Å². The van der Waals surface area contributed by atoms with E-state index in [-0.39, 0.29) is 6.04 Å². The van der Waals surface area contributed by atoms with Crippen molar-refractivity contribution in [3.8, 4) is 11.3 Å². The number of aliphatic hydroxyl groups is 1. The normalized spacial score (nSPS) is 16.4. The summed E-state index contributed by atoms with van der Waals surface area (Å²) in [6.07, 6.45) is 5.52. The number of aromatic nitrogens is 6. The maximum absolute atomic E-state index is 11.1. The number of hydrogen-bond donors (Lipinski definition) is 1. The fourth-order valence-corrected chi connectivity index (χ4v) is 6.50. The molecular weight excluding hydrogens is 476 g/mol. The van der Waals surface area contributed by atoms with Gasteiger partial charge in [0.15, 0.2) is 0 Å². The summed E-state index contributed by atoms with van der Waals surface area (Å²) in [5, 5.41) is 19.6. The third-order valence-corrected chi connectivity index (χ3v) is 7.97. The van der Waals surface area contributed by atoms with E-state index < -0.39 is 5.60 Å². The van der Waals surface area contributed by atoms with E-state index in [1.54, 1.807) is 18.5 Å². The highest BCUT2D eigenvalue weighted by molar-refractivity contribution is 7.14. The van der Waals surface area contributed by atoms with Gasteiger partial charge < -0.3 is 18.8 Å². The van der Waals surface area contributed by atoms with Crippen molar-refractivity contribution in [3.63, 3.8) is 0 Å². The second kappa shape index (κ2) is 8.50. The smallest absolute Gasteiger partial charge is 0.127 e. The highest BCUT2D eigenvalue weighted by Gasteiger charge is 2.36. The molecule has 6 rings (SSSR count). The van der Waals surface area contributed by atoms with E-state index in [9.17, 15) is 5.11 Å². The molecule has 188 valence electrons. The van der Waals surface area contributed by atoms with Crippen molar-refractivity contribution in [1.29, 1.82) is 0 Å². The van der Waals surface area contributed by atoms with Crippen molar-refractivity contribution in [3.05, 3.63) is 47.3 Å². The van der Waals surface area contributed by atoms with Crippen LogP contribution in [0.2, 0.25) is 0 Å². The van der Waals surface area contributed by atoms with Gasteiger partial charge in [0, 0.05) is 32.0 Å². The minimum Gasteiger partial charge on any atom is -0.467 e. The van der Waals surface area contributed by atoms with Gasteiger partial charge in [0.2, 0.25) is 0 Å². The molecule has 1 fully saturated rings. The Bertz CT molecular complexity index is 1540. The lowest BCUT2D eigenvalue weighted by Gasteiger charge is -2.31. The molecule has 5 aromatic heterocycles. The van der Waals surface area contributed by atoms with Gasteiger partial charge in [-0.3, -0.25) is 4.98 Å². The highest BCUT2D eigenvalue weighted by atomic mass is 32.1. The van der Waals surface area contributed by atoms with Crippen LogP contribution in [0.15, 0.2) is 29.0 Å². The predicted molar refractivity (Wildman–Crippen MR) is 138 cm³/mol. The molecule has 1 atom stereocenters. The van der Waals surface area contributed by atoms with Crippen LogP contribution in [-0.4, -0.2) is 47.2 Å². The SMILES string of the molecule is Cc1coc(C(C2CCOCC2)n2c3cc(-c4c(C)nnn4C)cnc3c3snc(C(C)(C)O)c32)c1. The lowest BCUT2D eigenvalue weighted by Crippen LogP contribution is -2.27. The first-order valence-electron chi connectivity index (χ1n) is 12.3. The molecule has 9 nitrogen and oxygen atoms in total. The molecule has 1 saturated heterocycles. The summed E-state index contributed by atoms with van der Waals surface area (Å²) in [6.45, 7) is 9.00. The number of pyridine rings is 1. The van der Waals surface area contributed by atoms with E-state index in [0.717, 1.165) is 62.4 Å². The number of fused-ring (bicyclic) bond motifs is 3. The summed E-state index contributed by atoms with van der Waals surface area (Å²) >= 11 is 1.39. The molecule has 0 spiro atoms. The minimum absolute atomic E-state index is 0.0945. The highest BCUT2D eigenvalue weighted by Crippen LogP contribution is 2.45. The fourth-order valence-electron chi connectivity index (χ4n) is 5.48. The fraction of sp³-hybridized carbons (Fsp3) is 0.462. The summed E-state index contributed by atoms with van der Waals surface area (Å²) in [5.74, 6) is 1.19. The zero-order valence-electron chi connectivity index (χ0n) is 21.1. The number of nitrogens with zero attached hydrogens (tertiary/aromatic N) is 6. The van der Waals surface area contributed by atoms with Crippen molar-refractivity contribution in [2.24, 2.45) is 13.0 Å². The number of aryl methyl sites for hydroxylation is 3. The van der Waals surface area contributed by atoms with Crippen molar-refractivity contribution in [1.82, 2.24) is 28.9 Å². The lowest BCUT2D eigenvalue weighted by atomic mass is 9.89. The maximum atomic E-state index is 11.1. The molecule has 1 aliphatic rings. The second-order valence-electron chi connectivity index (χ2n) is 10.3. The van der Waals surface area contributed by atoms with Crippen LogP contribution in [0.4, 0.5) is 0 Å². The van der Waals surface area contributed by atoms with Gasteiger partial charge in [-0.15, -0.1) is 5.10 Å². The first-order valence-corrected chi connectivity index (χ1v) is 13.0. The number of ether oxygens (including phenoxy) is 1. The Balaban J connectivity index is 1.70. The van der Waals surface area contributed by atoms with Gasteiger partial charge >= 0.3 is 0 Å². The van der Waals surface area contributed by atoms with Crippen molar-refractivity contribution in [2.75, 3.05) is 13.2 Å². The van der Waals surface area contributed by atoms with E-state index in [0.29, 0.717) is 24.8 Å². The van der Waals surface area contributed by atoms with E-state index in [1.807, 2.05) is 33.4 Å². The molecule has 0 amide bonds. The van der Waals surface area contributed by atoms with E-state index in [1.165, 1.54) is 11.5 Å². The molecule has 0 bridgehead atoms. The number of furan rings is 1.